The van der Waals surface area contributed by atoms with Crippen molar-refractivity contribution in [1.82, 2.24) is 4.98 Å². The summed E-state index contributed by atoms with van der Waals surface area (Å²) in [6.45, 7) is 4.22. The fraction of sp³-hybridized carbons (Fsp3) is 0.176. The molecule has 0 saturated carbocycles. The van der Waals surface area contributed by atoms with Gasteiger partial charge in [0.05, 0.1) is 0 Å². The molecule has 2 aromatic rings. The van der Waals surface area contributed by atoms with Crippen LogP contribution in [0.5, 0.6) is 0 Å². The van der Waals surface area contributed by atoms with Gasteiger partial charge in [0.2, 0.25) is 0 Å². The lowest BCUT2D eigenvalue weighted by molar-refractivity contribution is 0.104. The van der Waals surface area contributed by atoms with Crippen molar-refractivity contribution >= 4 is 11.5 Å². The predicted molar refractivity (Wildman–Crippen MR) is 79.7 cm³/mol. The number of allylic oxidation sites excluding steroid dienone is 1. The lowest BCUT2D eigenvalue weighted by Gasteiger charge is -2.06. The molecule has 0 aliphatic rings. The van der Waals surface area contributed by atoms with E-state index in [1.807, 2.05) is 24.3 Å². The Morgan fingerprint density at radius 1 is 1.05 bits per heavy atom. The SMILES string of the molecule is CC(C)c1ccc(/C(O)=C/C(=O)c2ccncc2)cc1. The van der Waals surface area contributed by atoms with E-state index in [4.69, 9.17) is 0 Å². The molecular formula is C17H17NO2. The number of hydrogen-bond donors (Lipinski definition) is 1. The number of ketones is 1. The van der Waals surface area contributed by atoms with Crippen molar-refractivity contribution in [2.24, 2.45) is 0 Å². The number of hydrogen-bond acceptors (Lipinski definition) is 3. The fourth-order valence-corrected chi connectivity index (χ4v) is 1.85. The summed E-state index contributed by atoms with van der Waals surface area (Å²) in [6, 6.07) is 10.8. The molecule has 1 N–H and O–H groups in total. The van der Waals surface area contributed by atoms with Crippen LogP contribution in [0.1, 0.15) is 41.3 Å². The normalized spacial score (nSPS) is 11.7. The number of pyridine rings is 1. The van der Waals surface area contributed by atoms with E-state index in [0.717, 1.165) is 0 Å². The smallest absolute Gasteiger partial charge is 0.189 e. The summed E-state index contributed by atoms with van der Waals surface area (Å²) in [5.74, 6) is 0.175. The second-order valence-corrected chi connectivity index (χ2v) is 4.91. The second kappa shape index (κ2) is 6.15. The van der Waals surface area contributed by atoms with Crippen LogP contribution in [0.4, 0.5) is 0 Å². The molecule has 102 valence electrons. The Labute approximate surface area is 118 Å². The van der Waals surface area contributed by atoms with E-state index in [1.165, 1.54) is 11.6 Å². The van der Waals surface area contributed by atoms with Gasteiger partial charge in [-0.25, -0.2) is 0 Å². The molecule has 0 fully saturated rings. The highest BCUT2D eigenvalue weighted by Crippen LogP contribution is 2.18. The minimum absolute atomic E-state index is 0.0258. The minimum atomic E-state index is -0.238. The summed E-state index contributed by atoms with van der Waals surface area (Å²) >= 11 is 0. The van der Waals surface area contributed by atoms with E-state index in [9.17, 15) is 9.90 Å². The van der Waals surface area contributed by atoms with Crippen LogP contribution in [0.25, 0.3) is 5.76 Å². The number of aromatic nitrogens is 1. The topological polar surface area (TPSA) is 50.2 Å². The van der Waals surface area contributed by atoms with Crippen LogP contribution in [-0.4, -0.2) is 15.9 Å². The molecule has 0 unspecified atom stereocenters. The quantitative estimate of drug-likeness (QED) is 0.517. The molecule has 0 saturated heterocycles. The molecular weight excluding hydrogens is 250 g/mol. The number of rotatable bonds is 4. The van der Waals surface area contributed by atoms with Gasteiger partial charge in [-0.3, -0.25) is 9.78 Å². The zero-order valence-corrected chi connectivity index (χ0v) is 11.6. The summed E-state index contributed by atoms with van der Waals surface area (Å²) in [7, 11) is 0. The Kier molecular flexibility index (Phi) is 4.31. The zero-order valence-electron chi connectivity index (χ0n) is 11.6. The number of carbonyl (C=O) groups excluding carboxylic acids is 1. The molecule has 0 bridgehead atoms. The Bertz CT molecular complexity index is 613. The molecule has 3 heteroatoms. The first kappa shape index (κ1) is 14.0. The third-order valence-electron chi connectivity index (χ3n) is 3.11. The van der Waals surface area contributed by atoms with E-state index in [-0.39, 0.29) is 11.5 Å². The second-order valence-electron chi connectivity index (χ2n) is 4.91. The largest absolute Gasteiger partial charge is 0.507 e. The standard InChI is InChI=1S/C17H17NO2/c1-12(2)13-3-5-14(6-4-13)16(19)11-17(20)15-7-9-18-10-8-15/h3-12,19H,1-2H3/b16-11-. The number of carbonyl (C=O) groups is 1. The van der Waals surface area contributed by atoms with E-state index in [1.54, 1.807) is 24.5 Å². The molecule has 20 heavy (non-hydrogen) atoms. The van der Waals surface area contributed by atoms with E-state index >= 15 is 0 Å². The number of aliphatic hydroxyl groups is 1. The van der Waals surface area contributed by atoms with Crippen molar-refractivity contribution < 1.29 is 9.90 Å². The molecule has 0 atom stereocenters. The summed E-state index contributed by atoms with van der Waals surface area (Å²) in [5, 5.41) is 10.0. The van der Waals surface area contributed by atoms with Gasteiger partial charge in [-0.1, -0.05) is 38.1 Å². The maximum atomic E-state index is 11.9. The van der Waals surface area contributed by atoms with Gasteiger partial charge in [-0.05, 0) is 23.6 Å². The number of benzene rings is 1. The predicted octanol–water partition coefficient (Wildman–Crippen LogP) is 3.99. The average molecular weight is 267 g/mol. The van der Waals surface area contributed by atoms with Crippen LogP contribution in [0.2, 0.25) is 0 Å². The zero-order chi connectivity index (χ0) is 14.5. The Morgan fingerprint density at radius 2 is 1.65 bits per heavy atom. The van der Waals surface area contributed by atoms with Crippen molar-refractivity contribution in [3.8, 4) is 0 Å². The summed E-state index contributed by atoms with van der Waals surface area (Å²) in [5.41, 5.74) is 2.34. The highest BCUT2D eigenvalue weighted by atomic mass is 16.3. The van der Waals surface area contributed by atoms with Crippen molar-refractivity contribution in [2.75, 3.05) is 0 Å². The van der Waals surface area contributed by atoms with Gasteiger partial charge in [0.15, 0.2) is 5.78 Å². The summed E-state index contributed by atoms with van der Waals surface area (Å²) < 4.78 is 0. The molecule has 2 rings (SSSR count). The van der Waals surface area contributed by atoms with Crippen LogP contribution >= 0.6 is 0 Å². The van der Waals surface area contributed by atoms with Gasteiger partial charge >= 0.3 is 0 Å². The van der Waals surface area contributed by atoms with Crippen molar-refractivity contribution in [1.29, 1.82) is 0 Å². The monoisotopic (exact) mass is 267 g/mol. The molecule has 3 nitrogen and oxygen atoms in total. The van der Waals surface area contributed by atoms with Gasteiger partial charge in [-0.15, -0.1) is 0 Å². The lowest BCUT2D eigenvalue weighted by Crippen LogP contribution is -1.97. The number of nitrogens with zero attached hydrogens (tertiary/aromatic N) is 1. The van der Waals surface area contributed by atoms with Crippen molar-refractivity contribution in [3.63, 3.8) is 0 Å². The molecule has 0 spiro atoms. The fourth-order valence-electron chi connectivity index (χ4n) is 1.85. The van der Waals surface area contributed by atoms with Gasteiger partial charge in [0.1, 0.15) is 5.76 Å². The average Bonchev–Trinajstić information content (AvgIpc) is 2.48. The molecule has 1 aromatic heterocycles. The summed E-state index contributed by atoms with van der Waals surface area (Å²) in [6.07, 6.45) is 4.34. The highest BCUT2D eigenvalue weighted by molar-refractivity contribution is 6.07. The maximum Gasteiger partial charge on any atom is 0.189 e. The Balaban J connectivity index is 2.20. The molecule has 0 amide bonds. The first-order valence-corrected chi connectivity index (χ1v) is 6.53. The van der Waals surface area contributed by atoms with Gasteiger partial charge in [-0.2, -0.15) is 0 Å². The third-order valence-corrected chi connectivity index (χ3v) is 3.11. The van der Waals surface area contributed by atoms with Crippen LogP contribution in [0.15, 0.2) is 54.9 Å². The first-order chi connectivity index (χ1) is 9.58. The maximum absolute atomic E-state index is 11.9. The summed E-state index contributed by atoms with van der Waals surface area (Å²) in [4.78, 5) is 15.8. The van der Waals surface area contributed by atoms with Crippen LogP contribution in [-0.2, 0) is 0 Å². The van der Waals surface area contributed by atoms with Gasteiger partial charge in [0, 0.05) is 29.6 Å². The van der Waals surface area contributed by atoms with Crippen molar-refractivity contribution in [3.05, 3.63) is 71.6 Å². The number of aliphatic hydroxyl groups excluding tert-OH is 1. The Morgan fingerprint density at radius 3 is 2.20 bits per heavy atom. The molecule has 0 radical (unpaired) electrons. The Hall–Kier alpha value is -2.42. The van der Waals surface area contributed by atoms with Gasteiger partial charge < -0.3 is 5.11 Å². The van der Waals surface area contributed by atoms with Crippen LogP contribution < -0.4 is 0 Å². The van der Waals surface area contributed by atoms with Gasteiger partial charge in [0.25, 0.3) is 0 Å². The van der Waals surface area contributed by atoms with E-state index in [2.05, 4.69) is 18.8 Å². The lowest BCUT2D eigenvalue weighted by atomic mass is 10.0. The minimum Gasteiger partial charge on any atom is -0.507 e. The third kappa shape index (κ3) is 3.32. The molecule has 0 aliphatic carbocycles. The van der Waals surface area contributed by atoms with Crippen LogP contribution in [0, 0.1) is 0 Å². The van der Waals surface area contributed by atoms with Crippen molar-refractivity contribution in [2.45, 2.75) is 19.8 Å². The van der Waals surface area contributed by atoms with E-state index in [0.29, 0.717) is 17.0 Å². The van der Waals surface area contributed by atoms with Crippen LogP contribution in [0.3, 0.4) is 0 Å². The molecule has 1 aromatic carbocycles. The molecule has 0 aliphatic heterocycles. The molecule has 1 heterocycles. The highest BCUT2D eigenvalue weighted by Gasteiger charge is 2.06. The first-order valence-electron chi connectivity index (χ1n) is 6.53. The van der Waals surface area contributed by atoms with E-state index < -0.39 is 0 Å².